The lowest BCUT2D eigenvalue weighted by molar-refractivity contribution is 0.228. The molecule has 2 N–H and O–H groups in total. The maximum Gasteiger partial charge on any atom is 0.135 e. The molecule has 2 aliphatic heterocycles. The van der Waals surface area contributed by atoms with Crippen LogP contribution in [0.1, 0.15) is 56.9 Å². The number of hydrogen-bond donors (Lipinski definition) is 2. The number of aliphatic hydroxyl groups excluding tert-OH is 1. The highest BCUT2D eigenvalue weighted by Gasteiger charge is 2.37. The second-order valence-corrected chi connectivity index (χ2v) is 10.1. The van der Waals surface area contributed by atoms with E-state index < -0.39 is 0 Å². The Morgan fingerprint density at radius 3 is 2.48 bits per heavy atom. The second-order valence-electron chi connectivity index (χ2n) is 9.22. The number of thiazole rings is 1. The average molecular weight is 437 g/mol. The summed E-state index contributed by atoms with van der Waals surface area (Å²) in [5.74, 6) is 1.36. The van der Waals surface area contributed by atoms with E-state index in [0.29, 0.717) is 23.1 Å². The fourth-order valence-electron chi connectivity index (χ4n) is 5.26. The van der Waals surface area contributed by atoms with Gasteiger partial charge in [0.05, 0.1) is 17.3 Å². The van der Waals surface area contributed by atoms with E-state index in [9.17, 15) is 5.11 Å². The maximum absolute atomic E-state index is 10.9. The van der Waals surface area contributed by atoms with E-state index in [2.05, 4.69) is 34.1 Å². The summed E-state index contributed by atoms with van der Waals surface area (Å²) in [4.78, 5) is 9.33. The molecule has 1 aliphatic carbocycles. The molecule has 2 fully saturated rings. The number of nitrogens with zero attached hydrogens (tertiary/aromatic N) is 3. The van der Waals surface area contributed by atoms with E-state index >= 15 is 0 Å². The molecule has 0 radical (unpaired) electrons. The van der Waals surface area contributed by atoms with Crippen molar-refractivity contribution in [2.75, 3.05) is 24.5 Å². The Kier molecular flexibility index (Phi) is 5.74. The van der Waals surface area contributed by atoms with Crippen molar-refractivity contribution in [3.05, 3.63) is 40.4 Å². The minimum Gasteiger partial charge on any atom is -0.509 e. The third-order valence-electron chi connectivity index (χ3n) is 7.18. The number of rotatable bonds is 5. The van der Waals surface area contributed by atoms with E-state index in [1.165, 1.54) is 62.0 Å². The van der Waals surface area contributed by atoms with E-state index in [0.717, 1.165) is 35.9 Å². The first-order valence-electron chi connectivity index (χ1n) is 11.7. The first-order chi connectivity index (χ1) is 15.1. The fourth-order valence-corrected chi connectivity index (χ4v) is 6.14. The summed E-state index contributed by atoms with van der Waals surface area (Å²) < 4.78 is 0. The summed E-state index contributed by atoms with van der Waals surface area (Å²) in [7, 11) is 0. The number of benzene rings is 1. The number of aromatic nitrogens is 1. The molecular formula is C25H32N4OS. The minimum absolute atomic E-state index is 0.142. The third-order valence-corrected chi connectivity index (χ3v) is 8.04. The van der Waals surface area contributed by atoms with Crippen LogP contribution in [0.5, 0.6) is 0 Å². The third kappa shape index (κ3) is 3.98. The van der Waals surface area contributed by atoms with Crippen LogP contribution in [-0.4, -0.2) is 46.5 Å². The van der Waals surface area contributed by atoms with E-state index in [1.807, 2.05) is 12.3 Å². The van der Waals surface area contributed by atoms with Crippen molar-refractivity contribution >= 4 is 28.4 Å². The fraction of sp³-hybridized carbons (Fsp3) is 0.520. The molecule has 164 valence electrons. The Labute approximate surface area is 188 Å². The monoisotopic (exact) mass is 436 g/mol. The van der Waals surface area contributed by atoms with Crippen LogP contribution < -0.4 is 4.90 Å². The number of amidine groups is 1. The molecule has 6 heteroatoms. The normalized spacial score (nSPS) is 22.7. The van der Waals surface area contributed by atoms with Crippen molar-refractivity contribution in [1.82, 2.24) is 9.88 Å². The lowest BCUT2D eigenvalue weighted by Gasteiger charge is -2.31. The largest absolute Gasteiger partial charge is 0.509 e. The first-order valence-corrected chi connectivity index (χ1v) is 12.6. The molecule has 5 rings (SSSR count). The summed E-state index contributed by atoms with van der Waals surface area (Å²) in [5.41, 5.74) is 3.90. The van der Waals surface area contributed by atoms with Crippen molar-refractivity contribution in [1.29, 1.82) is 5.41 Å². The Balaban J connectivity index is 1.33. The van der Waals surface area contributed by atoms with Crippen molar-refractivity contribution in [3.63, 3.8) is 0 Å². The van der Waals surface area contributed by atoms with Gasteiger partial charge in [-0.15, -0.1) is 11.3 Å². The van der Waals surface area contributed by atoms with Crippen LogP contribution in [0.25, 0.3) is 16.8 Å². The molecule has 3 aliphatic rings. The van der Waals surface area contributed by atoms with Gasteiger partial charge in [0.2, 0.25) is 0 Å². The molecule has 0 spiro atoms. The first kappa shape index (κ1) is 20.6. The van der Waals surface area contributed by atoms with Gasteiger partial charge in [0.15, 0.2) is 0 Å². The quantitative estimate of drug-likeness (QED) is 0.609. The van der Waals surface area contributed by atoms with Gasteiger partial charge in [-0.25, -0.2) is 4.98 Å². The molecule has 3 heterocycles. The zero-order valence-electron chi connectivity index (χ0n) is 18.3. The molecular weight excluding hydrogens is 404 g/mol. The van der Waals surface area contributed by atoms with Crippen molar-refractivity contribution in [2.45, 2.75) is 57.9 Å². The van der Waals surface area contributed by atoms with Crippen molar-refractivity contribution < 1.29 is 5.11 Å². The van der Waals surface area contributed by atoms with Crippen LogP contribution in [0.4, 0.5) is 5.69 Å². The van der Waals surface area contributed by atoms with Crippen molar-refractivity contribution in [2.24, 2.45) is 5.92 Å². The molecule has 5 nitrogen and oxygen atoms in total. The maximum atomic E-state index is 10.9. The smallest absolute Gasteiger partial charge is 0.135 e. The van der Waals surface area contributed by atoms with E-state index in [1.54, 1.807) is 0 Å². The predicted octanol–water partition coefficient (Wildman–Crippen LogP) is 5.94. The van der Waals surface area contributed by atoms with Crippen LogP contribution in [-0.2, 0) is 0 Å². The highest BCUT2D eigenvalue weighted by molar-refractivity contribution is 7.11. The summed E-state index contributed by atoms with van der Waals surface area (Å²) in [6, 6.07) is 8.50. The van der Waals surface area contributed by atoms with Crippen LogP contribution in [0.15, 0.2) is 35.4 Å². The van der Waals surface area contributed by atoms with Crippen LogP contribution in [0, 0.1) is 11.3 Å². The van der Waals surface area contributed by atoms with Gasteiger partial charge in [0, 0.05) is 36.3 Å². The van der Waals surface area contributed by atoms with Gasteiger partial charge in [-0.2, -0.15) is 0 Å². The van der Waals surface area contributed by atoms with Gasteiger partial charge in [-0.05, 0) is 50.7 Å². The molecule has 1 unspecified atom stereocenters. The Bertz CT molecular complexity index is 968. The average Bonchev–Trinajstić information content (AvgIpc) is 3.54. The topological polar surface area (TPSA) is 63.5 Å². The summed E-state index contributed by atoms with van der Waals surface area (Å²) >= 11 is 1.52. The van der Waals surface area contributed by atoms with Gasteiger partial charge in [0.1, 0.15) is 16.6 Å². The zero-order chi connectivity index (χ0) is 21.4. The van der Waals surface area contributed by atoms with Crippen LogP contribution in [0.2, 0.25) is 0 Å². The number of aliphatic hydroxyl groups is 1. The predicted molar refractivity (Wildman–Crippen MR) is 129 cm³/mol. The van der Waals surface area contributed by atoms with Gasteiger partial charge < -0.3 is 14.9 Å². The molecule has 1 saturated carbocycles. The number of hydrogen-bond acceptors (Lipinski definition) is 5. The standard InChI is InChI=1S/C25H32N4OS/c1-17-23(30)22(24(26)29(17)15-18-7-3-2-4-8-18)25-27-21(16-31-25)19-9-11-20(12-10-19)28-13-5-6-14-28/h9-12,16-18,26,30H,2-8,13-15H2,1H3. The minimum atomic E-state index is -0.142. The van der Waals surface area contributed by atoms with E-state index in [4.69, 9.17) is 10.4 Å². The Morgan fingerprint density at radius 2 is 1.77 bits per heavy atom. The molecule has 1 aromatic heterocycles. The number of nitrogens with one attached hydrogen (secondary N) is 1. The lowest BCUT2D eigenvalue weighted by Crippen LogP contribution is -2.38. The summed E-state index contributed by atoms with van der Waals surface area (Å²) in [6.07, 6.45) is 8.94. The van der Waals surface area contributed by atoms with Crippen LogP contribution in [0.3, 0.4) is 0 Å². The second kappa shape index (κ2) is 8.65. The Hall–Kier alpha value is -2.34. The lowest BCUT2D eigenvalue weighted by atomic mass is 9.89. The Morgan fingerprint density at radius 1 is 1.06 bits per heavy atom. The highest BCUT2D eigenvalue weighted by Crippen LogP contribution is 2.37. The van der Waals surface area contributed by atoms with Gasteiger partial charge in [0.25, 0.3) is 0 Å². The molecule has 31 heavy (non-hydrogen) atoms. The highest BCUT2D eigenvalue weighted by atomic mass is 32.1. The van der Waals surface area contributed by atoms with Crippen LogP contribution >= 0.6 is 11.3 Å². The number of anilines is 1. The molecule has 1 atom stereocenters. The van der Waals surface area contributed by atoms with E-state index in [-0.39, 0.29) is 6.04 Å². The summed E-state index contributed by atoms with van der Waals surface area (Å²) in [6.45, 7) is 5.16. The molecule has 0 amide bonds. The van der Waals surface area contributed by atoms with Gasteiger partial charge in [-0.1, -0.05) is 31.4 Å². The zero-order valence-corrected chi connectivity index (χ0v) is 19.1. The molecule has 1 aromatic carbocycles. The SMILES string of the molecule is CC1C(O)=C(c2nc(-c3ccc(N4CCCC4)cc3)cs2)C(=N)N1CC1CCCCC1. The van der Waals surface area contributed by atoms with Gasteiger partial charge >= 0.3 is 0 Å². The molecule has 2 aromatic rings. The molecule has 0 bridgehead atoms. The van der Waals surface area contributed by atoms with Crippen molar-refractivity contribution in [3.8, 4) is 11.3 Å². The van der Waals surface area contributed by atoms with Gasteiger partial charge in [-0.3, -0.25) is 5.41 Å². The summed E-state index contributed by atoms with van der Waals surface area (Å²) in [5, 5.41) is 22.5. The molecule has 1 saturated heterocycles.